The molecular formula is C22H26N2O5. The van der Waals surface area contributed by atoms with Gasteiger partial charge in [0.1, 0.15) is 6.61 Å². The number of nitrogens with one attached hydrogen (secondary N) is 1. The van der Waals surface area contributed by atoms with Crippen LogP contribution < -0.4 is 24.4 Å². The summed E-state index contributed by atoms with van der Waals surface area (Å²) in [6.07, 6.45) is 0.789. The van der Waals surface area contributed by atoms with Crippen LogP contribution in [0.25, 0.3) is 0 Å². The lowest BCUT2D eigenvalue weighted by Gasteiger charge is -2.24. The fourth-order valence-corrected chi connectivity index (χ4v) is 2.64. The first-order valence-corrected chi connectivity index (χ1v) is 9.68. The van der Waals surface area contributed by atoms with Gasteiger partial charge in [0.25, 0.3) is 5.91 Å². The van der Waals surface area contributed by atoms with Crippen LogP contribution in [0.1, 0.15) is 26.3 Å². The molecule has 1 amide bonds. The van der Waals surface area contributed by atoms with Crippen molar-refractivity contribution in [2.45, 2.75) is 26.9 Å². The van der Waals surface area contributed by atoms with Crippen LogP contribution in [0.3, 0.4) is 0 Å². The Morgan fingerprint density at radius 2 is 2.00 bits per heavy atom. The van der Waals surface area contributed by atoms with Crippen LogP contribution in [0.15, 0.2) is 47.6 Å². The van der Waals surface area contributed by atoms with Gasteiger partial charge in [0.2, 0.25) is 6.10 Å². The SMILES string of the molecule is CCOc1cc(/C=N\NC(=O)[C@H]2COc3ccccc3O2)ccc1OCC(C)C. The smallest absolute Gasteiger partial charge is 0.284 e. The van der Waals surface area contributed by atoms with Crippen molar-refractivity contribution in [3.63, 3.8) is 0 Å². The van der Waals surface area contributed by atoms with Gasteiger partial charge >= 0.3 is 0 Å². The highest BCUT2D eigenvalue weighted by Crippen LogP contribution is 2.31. The maximum atomic E-state index is 12.3. The van der Waals surface area contributed by atoms with Crippen LogP contribution in [-0.4, -0.2) is 38.0 Å². The maximum absolute atomic E-state index is 12.3. The maximum Gasteiger partial charge on any atom is 0.284 e. The molecule has 1 N–H and O–H groups in total. The molecule has 0 bridgehead atoms. The zero-order valence-electron chi connectivity index (χ0n) is 16.9. The summed E-state index contributed by atoms with van der Waals surface area (Å²) in [5.41, 5.74) is 3.27. The number of fused-ring (bicyclic) bond motifs is 1. The lowest BCUT2D eigenvalue weighted by molar-refractivity contribution is -0.130. The topological polar surface area (TPSA) is 78.4 Å². The van der Waals surface area contributed by atoms with Crippen LogP contribution in [0.4, 0.5) is 0 Å². The summed E-state index contributed by atoms with van der Waals surface area (Å²) < 4.78 is 22.7. The van der Waals surface area contributed by atoms with Crippen LogP contribution in [-0.2, 0) is 4.79 Å². The Balaban J connectivity index is 1.59. The predicted octanol–water partition coefficient (Wildman–Crippen LogP) is 3.41. The molecule has 1 aliphatic heterocycles. The lowest BCUT2D eigenvalue weighted by Crippen LogP contribution is -2.42. The van der Waals surface area contributed by atoms with E-state index in [9.17, 15) is 4.79 Å². The van der Waals surface area contributed by atoms with Gasteiger partial charge in [-0.2, -0.15) is 5.10 Å². The molecular weight excluding hydrogens is 372 g/mol. The number of hydrogen-bond donors (Lipinski definition) is 1. The molecule has 0 unspecified atom stereocenters. The third-order valence-corrected chi connectivity index (χ3v) is 4.03. The van der Waals surface area contributed by atoms with Crippen LogP contribution in [0.2, 0.25) is 0 Å². The summed E-state index contributed by atoms with van der Waals surface area (Å²) in [5, 5.41) is 4.02. The van der Waals surface area contributed by atoms with E-state index in [4.69, 9.17) is 18.9 Å². The van der Waals surface area contributed by atoms with Crippen molar-refractivity contribution in [1.82, 2.24) is 5.43 Å². The van der Waals surface area contributed by atoms with E-state index >= 15 is 0 Å². The largest absolute Gasteiger partial charge is 0.490 e. The first kappa shape index (κ1) is 20.5. The average molecular weight is 398 g/mol. The number of ether oxygens (including phenoxy) is 4. The van der Waals surface area contributed by atoms with Crippen molar-refractivity contribution in [2.75, 3.05) is 19.8 Å². The standard InChI is InChI=1S/C22H26N2O5/c1-4-26-20-11-16(9-10-18(20)27-13-15(2)3)12-23-24-22(25)21-14-28-17-7-5-6-8-19(17)29-21/h5-12,15,21H,4,13-14H2,1-3H3,(H,24,25)/b23-12-/t21-/m1/s1. The number of hydrogen-bond acceptors (Lipinski definition) is 6. The number of hydrazone groups is 1. The molecule has 2 aromatic rings. The van der Waals surface area contributed by atoms with Gasteiger partial charge in [-0.15, -0.1) is 0 Å². The second-order valence-electron chi connectivity index (χ2n) is 6.94. The normalized spacial score (nSPS) is 15.4. The van der Waals surface area contributed by atoms with Gasteiger partial charge in [-0.1, -0.05) is 26.0 Å². The number of carbonyl (C=O) groups is 1. The molecule has 7 nitrogen and oxygen atoms in total. The second-order valence-corrected chi connectivity index (χ2v) is 6.94. The predicted molar refractivity (Wildman–Crippen MR) is 110 cm³/mol. The zero-order valence-corrected chi connectivity index (χ0v) is 16.9. The molecule has 0 spiro atoms. The molecule has 1 atom stereocenters. The van der Waals surface area contributed by atoms with Crippen molar-refractivity contribution >= 4 is 12.1 Å². The molecule has 0 saturated carbocycles. The quantitative estimate of drug-likeness (QED) is 0.545. The lowest BCUT2D eigenvalue weighted by atomic mass is 10.2. The minimum atomic E-state index is -0.757. The Morgan fingerprint density at radius 1 is 1.21 bits per heavy atom. The van der Waals surface area contributed by atoms with Gasteiger partial charge in [-0.3, -0.25) is 4.79 Å². The molecule has 2 aromatic carbocycles. The Labute approximate surface area is 170 Å². The van der Waals surface area contributed by atoms with E-state index in [-0.39, 0.29) is 12.5 Å². The van der Waals surface area contributed by atoms with E-state index in [1.54, 1.807) is 18.3 Å². The molecule has 1 heterocycles. The summed E-state index contributed by atoms with van der Waals surface area (Å²) in [4.78, 5) is 12.3. The summed E-state index contributed by atoms with van der Waals surface area (Å²) in [6, 6.07) is 12.7. The molecule has 1 aliphatic rings. The third kappa shape index (κ3) is 5.63. The molecule has 0 aromatic heterocycles. The van der Waals surface area contributed by atoms with Crippen molar-refractivity contribution in [2.24, 2.45) is 11.0 Å². The number of rotatable bonds is 8. The van der Waals surface area contributed by atoms with Crippen molar-refractivity contribution in [3.05, 3.63) is 48.0 Å². The highest BCUT2D eigenvalue weighted by Gasteiger charge is 2.26. The Morgan fingerprint density at radius 3 is 2.76 bits per heavy atom. The molecule has 0 fully saturated rings. The summed E-state index contributed by atoms with van der Waals surface area (Å²) in [5.74, 6) is 2.54. The van der Waals surface area contributed by atoms with E-state index in [1.165, 1.54) is 0 Å². The van der Waals surface area contributed by atoms with Crippen LogP contribution in [0, 0.1) is 5.92 Å². The summed E-state index contributed by atoms with van der Waals surface area (Å²) in [7, 11) is 0. The number of carbonyl (C=O) groups excluding carboxylic acids is 1. The van der Waals surface area contributed by atoms with E-state index in [1.807, 2.05) is 37.3 Å². The van der Waals surface area contributed by atoms with E-state index < -0.39 is 6.10 Å². The number of nitrogens with zero attached hydrogens (tertiary/aromatic N) is 1. The van der Waals surface area contributed by atoms with E-state index in [0.717, 1.165) is 5.56 Å². The fraction of sp³-hybridized carbons (Fsp3) is 0.364. The van der Waals surface area contributed by atoms with Crippen LogP contribution >= 0.6 is 0 Å². The monoisotopic (exact) mass is 398 g/mol. The highest BCUT2D eigenvalue weighted by molar-refractivity contribution is 5.85. The molecule has 0 radical (unpaired) electrons. The Bertz CT molecular complexity index is 866. The minimum Gasteiger partial charge on any atom is -0.490 e. The Hall–Kier alpha value is -3.22. The fourth-order valence-electron chi connectivity index (χ4n) is 2.64. The molecule has 7 heteroatoms. The van der Waals surface area contributed by atoms with E-state index in [0.29, 0.717) is 42.1 Å². The number of para-hydroxylation sites is 2. The minimum absolute atomic E-state index is 0.134. The third-order valence-electron chi connectivity index (χ3n) is 4.03. The Kier molecular flexibility index (Phi) is 6.94. The van der Waals surface area contributed by atoms with Crippen LogP contribution in [0.5, 0.6) is 23.0 Å². The number of benzene rings is 2. The van der Waals surface area contributed by atoms with Gasteiger partial charge in [0.05, 0.1) is 19.4 Å². The molecule has 154 valence electrons. The van der Waals surface area contributed by atoms with Gasteiger partial charge in [-0.05, 0) is 48.7 Å². The first-order chi connectivity index (χ1) is 14.1. The highest BCUT2D eigenvalue weighted by atomic mass is 16.6. The van der Waals surface area contributed by atoms with E-state index in [2.05, 4.69) is 24.4 Å². The average Bonchev–Trinajstić information content (AvgIpc) is 2.73. The summed E-state index contributed by atoms with van der Waals surface area (Å²) in [6.45, 7) is 7.35. The molecule has 0 aliphatic carbocycles. The van der Waals surface area contributed by atoms with Crippen molar-refractivity contribution in [1.29, 1.82) is 0 Å². The second kappa shape index (κ2) is 9.82. The molecule has 0 saturated heterocycles. The van der Waals surface area contributed by atoms with Crippen molar-refractivity contribution < 1.29 is 23.7 Å². The summed E-state index contributed by atoms with van der Waals surface area (Å²) >= 11 is 0. The van der Waals surface area contributed by atoms with Gasteiger partial charge < -0.3 is 18.9 Å². The first-order valence-electron chi connectivity index (χ1n) is 9.68. The van der Waals surface area contributed by atoms with Gasteiger partial charge in [0.15, 0.2) is 23.0 Å². The van der Waals surface area contributed by atoms with Crippen molar-refractivity contribution in [3.8, 4) is 23.0 Å². The van der Waals surface area contributed by atoms with Gasteiger partial charge in [0, 0.05) is 0 Å². The number of amides is 1. The molecule has 29 heavy (non-hydrogen) atoms. The molecule has 3 rings (SSSR count). The zero-order chi connectivity index (χ0) is 20.6. The van der Waals surface area contributed by atoms with Gasteiger partial charge in [-0.25, -0.2) is 5.43 Å².